The summed E-state index contributed by atoms with van der Waals surface area (Å²) in [5, 5.41) is 2.85. The zero-order valence-electron chi connectivity index (χ0n) is 10.6. The number of amides is 1. The van der Waals surface area contributed by atoms with Gasteiger partial charge in [-0.2, -0.15) is 0 Å². The standard InChI is InChI=1S/C13H16Br2N2O2/c1-19-13(3-2-4-13)7-11(18)17-12-9(15)5-8(14)6-10(12)16/h5-6H,2-4,7,16H2,1H3,(H,17,18). The summed E-state index contributed by atoms with van der Waals surface area (Å²) in [4.78, 5) is 12.1. The molecule has 1 aromatic carbocycles. The van der Waals surface area contributed by atoms with Crippen LogP contribution in [0.5, 0.6) is 0 Å². The van der Waals surface area contributed by atoms with Crippen molar-refractivity contribution in [3.05, 3.63) is 21.1 Å². The molecule has 1 aliphatic carbocycles. The average molecular weight is 392 g/mol. The smallest absolute Gasteiger partial charge is 0.227 e. The van der Waals surface area contributed by atoms with Crippen LogP contribution < -0.4 is 11.1 Å². The minimum absolute atomic E-state index is 0.0729. The number of hydrogen-bond acceptors (Lipinski definition) is 3. The van der Waals surface area contributed by atoms with Gasteiger partial charge in [0.25, 0.3) is 0 Å². The van der Waals surface area contributed by atoms with Crippen LogP contribution in [-0.4, -0.2) is 18.6 Å². The lowest BCUT2D eigenvalue weighted by Crippen LogP contribution is -2.42. The van der Waals surface area contributed by atoms with Crippen molar-refractivity contribution < 1.29 is 9.53 Å². The molecule has 2 rings (SSSR count). The van der Waals surface area contributed by atoms with Crippen LogP contribution in [0.25, 0.3) is 0 Å². The second-order valence-corrected chi connectivity index (χ2v) is 6.59. The topological polar surface area (TPSA) is 64.3 Å². The van der Waals surface area contributed by atoms with Crippen molar-refractivity contribution in [2.45, 2.75) is 31.3 Å². The number of hydrogen-bond donors (Lipinski definition) is 2. The fraction of sp³-hybridized carbons (Fsp3) is 0.462. The van der Waals surface area contributed by atoms with E-state index in [0.717, 1.165) is 28.2 Å². The highest BCUT2D eigenvalue weighted by Crippen LogP contribution is 2.39. The van der Waals surface area contributed by atoms with Gasteiger partial charge in [-0.25, -0.2) is 0 Å². The molecular formula is C13H16Br2N2O2. The van der Waals surface area contributed by atoms with Crippen LogP contribution in [0.2, 0.25) is 0 Å². The summed E-state index contributed by atoms with van der Waals surface area (Å²) in [6.45, 7) is 0. The lowest BCUT2D eigenvalue weighted by atomic mass is 9.77. The van der Waals surface area contributed by atoms with E-state index in [9.17, 15) is 4.79 Å². The molecule has 0 heterocycles. The predicted octanol–water partition coefficient (Wildman–Crippen LogP) is 3.69. The molecule has 0 unspecified atom stereocenters. The van der Waals surface area contributed by atoms with Crippen molar-refractivity contribution in [2.75, 3.05) is 18.2 Å². The van der Waals surface area contributed by atoms with Gasteiger partial charge in [-0.1, -0.05) is 15.9 Å². The van der Waals surface area contributed by atoms with E-state index in [-0.39, 0.29) is 11.5 Å². The van der Waals surface area contributed by atoms with E-state index >= 15 is 0 Å². The number of anilines is 2. The highest BCUT2D eigenvalue weighted by atomic mass is 79.9. The number of halogens is 2. The van der Waals surface area contributed by atoms with Gasteiger partial charge in [-0.05, 0) is 47.3 Å². The Kier molecular flexibility index (Phi) is 4.53. The predicted molar refractivity (Wildman–Crippen MR) is 83.1 cm³/mol. The molecule has 0 aliphatic heterocycles. The molecule has 0 spiro atoms. The summed E-state index contributed by atoms with van der Waals surface area (Å²) in [7, 11) is 1.66. The maximum absolute atomic E-state index is 12.1. The molecule has 0 aromatic heterocycles. The lowest BCUT2D eigenvalue weighted by Gasteiger charge is -2.39. The first-order valence-corrected chi connectivity index (χ1v) is 7.64. The molecule has 6 heteroatoms. The summed E-state index contributed by atoms with van der Waals surface area (Å²) >= 11 is 6.75. The lowest BCUT2D eigenvalue weighted by molar-refractivity contribution is -0.129. The van der Waals surface area contributed by atoms with E-state index in [1.165, 1.54) is 0 Å². The zero-order chi connectivity index (χ0) is 14.0. The van der Waals surface area contributed by atoms with Crippen molar-refractivity contribution in [3.63, 3.8) is 0 Å². The average Bonchev–Trinajstić information content (AvgIpc) is 2.28. The molecule has 0 saturated heterocycles. The Morgan fingerprint density at radius 3 is 2.63 bits per heavy atom. The van der Waals surface area contributed by atoms with Gasteiger partial charge < -0.3 is 15.8 Å². The van der Waals surface area contributed by atoms with Gasteiger partial charge in [0, 0.05) is 16.1 Å². The minimum Gasteiger partial charge on any atom is -0.397 e. The molecule has 1 aliphatic rings. The van der Waals surface area contributed by atoms with E-state index in [4.69, 9.17) is 10.5 Å². The summed E-state index contributed by atoms with van der Waals surface area (Å²) in [5.74, 6) is -0.0729. The number of methoxy groups -OCH3 is 1. The third-order valence-corrected chi connectivity index (χ3v) is 4.61. The van der Waals surface area contributed by atoms with E-state index in [1.54, 1.807) is 13.2 Å². The number of rotatable bonds is 4. The number of carbonyl (C=O) groups is 1. The molecule has 19 heavy (non-hydrogen) atoms. The van der Waals surface area contributed by atoms with Crippen molar-refractivity contribution in [1.29, 1.82) is 0 Å². The summed E-state index contributed by atoms with van der Waals surface area (Å²) in [6, 6.07) is 3.61. The number of ether oxygens (including phenoxy) is 1. The second-order valence-electron chi connectivity index (χ2n) is 4.82. The van der Waals surface area contributed by atoms with Gasteiger partial charge in [0.2, 0.25) is 5.91 Å². The minimum atomic E-state index is -0.277. The normalized spacial score (nSPS) is 16.8. The van der Waals surface area contributed by atoms with E-state index in [2.05, 4.69) is 37.2 Å². The summed E-state index contributed by atoms with van der Waals surface area (Å²) < 4.78 is 7.07. The first-order chi connectivity index (χ1) is 8.96. The van der Waals surface area contributed by atoms with Gasteiger partial charge in [-0.3, -0.25) is 4.79 Å². The summed E-state index contributed by atoms with van der Waals surface area (Å²) in [6.07, 6.45) is 3.36. The Morgan fingerprint density at radius 2 is 2.16 bits per heavy atom. The SMILES string of the molecule is COC1(CC(=O)Nc2c(N)cc(Br)cc2Br)CCC1. The molecule has 0 bridgehead atoms. The largest absolute Gasteiger partial charge is 0.397 e. The molecule has 1 aromatic rings. The second kappa shape index (κ2) is 5.81. The Balaban J connectivity index is 2.07. The third kappa shape index (κ3) is 3.30. The van der Waals surface area contributed by atoms with Crippen molar-refractivity contribution in [2.24, 2.45) is 0 Å². The fourth-order valence-electron chi connectivity index (χ4n) is 2.23. The van der Waals surface area contributed by atoms with Crippen molar-refractivity contribution >= 4 is 49.1 Å². The summed E-state index contributed by atoms with van der Waals surface area (Å²) in [5.41, 5.74) is 6.76. The van der Waals surface area contributed by atoms with Gasteiger partial charge in [-0.15, -0.1) is 0 Å². The molecule has 0 radical (unpaired) electrons. The van der Waals surface area contributed by atoms with Gasteiger partial charge in [0.15, 0.2) is 0 Å². The van der Waals surface area contributed by atoms with Gasteiger partial charge in [0.05, 0.1) is 23.4 Å². The van der Waals surface area contributed by atoms with E-state index < -0.39 is 0 Å². The zero-order valence-corrected chi connectivity index (χ0v) is 13.8. The maximum Gasteiger partial charge on any atom is 0.227 e. The Bertz CT molecular complexity index is 473. The first-order valence-electron chi connectivity index (χ1n) is 6.05. The monoisotopic (exact) mass is 390 g/mol. The molecule has 1 saturated carbocycles. The van der Waals surface area contributed by atoms with Crippen LogP contribution in [0.15, 0.2) is 21.1 Å². The third-order valence-electron chi connectivity index (χ3n) is 3.53. The number of nitrogens with one attached hydrogen (secondary N) is 1. The molecular weight excluding hydrogens is 376 g/mol. The molecule has 104 valence electrons. The first kappa shape index (κ1) is 14.8. The molecule has 0 atom stereocenters. The van der Waals surface area contributed by atoms with Crippen LogP contribution in [-0.2, 0) is 9.53 Å². The number of benzene rings is 1. The van der Waals surface area contributed by atoms with E-state index in [1.807, 2.05) is 6.07 Å². The van der Waals surface area contributed by atoms with Crippen molar-refractivity contribution in [1.82, 2.24) is 0 Å². The van der Waals surface area contributed by atoms with Gasteiger partial charge in [0.1, 0.15) is 0 Å². The molecule has 1 fully saturated rings. The van der Waals surface area contributed by atoms with Crippen molar-refractivity contribution in [3.8, 4) is 0 Å². The highest BCUT2D eigenvalue weighted by molar-refractivity contribution is 9.11. The Labute approximate surface area is 129 Å². The van der Waals surface area contributed by atoms with Gasteiger partial charge >= 0.3 is 0 Å². The van der Waals surface area contributed by atoms with Crippen LogP contribution in [0, 0.1) is 0 Å². The Morgan fingerprint density at radius 1 is 1.47 bits per heavy atom. The number of nitrogens with two attached hydrogens (primary N) is 1. The van der Waals surface area contributed by atoms with E-state index in [0.29, 0.717) is 17.8 Å². The highest BCUT2D eigenvalue weighted by Gasteiger charge is 2.39. The fourth-order valence-corrected chi connectivity index (χ4v) is 3.58. The maximum atomic E-state index is 12.1. The van der Waals surface area contributed by atoms with Crippen LogP contribution >= 0.6 is 31.9 Å². The van der Waals surface area contributed by atoms with Crippen LogP contribution in [0.3, 0.4) is 0 Å². The molecule has 4 nitrogen and oxygen atoms in total. The number of nitrogen functional groups attached to an aromatic ring is 1. The van der Waals surface area contributed by atoms with Crippen LogP contribution in [0.4, 0.5) is 11.4 Å². The Hall–Kier alpha value is -0.590. The van der Waals surface area contributed by atoms with Crippen LogP contribution in [0.1, 0.15) is 25.7 Å². The molecule has 1 amide bonds. The quantitative estimate of drug-likeness (QED) is 0.769. The molecule has 3 N–H and O–H groups in total. The number of carbonyl (C=O) groups excluding carboxylic acids is 1.